The lowest BCUT2D eigenvalue weighted by Crippen LogP contribution is -2.52. The van der Waals surface area contributed by atoms with E-state index in [-0.39, 0.29) is 48.3 Å². The minimum atomic E-state index is -1.21. The van der Waals surface area contributed by atoms with Gasteiger partial charge in [0.05, 0.1) is 6.54 Å². The fourth-order valence-electron chi connectivity index (χ4n) is 4.41. The zero-order valence-corrected chi connectivity index (χ0v) is 15.2. The maximum atomic E-state index is 13.9. The van der Waals surface area contributed by atoms with Crippen molar-refractivity contribution in [2.75, 3.05) is 6.54 Å². The van der Waals surface area contributed by atoms with Gasteiger partial charge in [-0.2, -0.15) is 0 Å². The first-order chi connectivity index (χ1) is 12.8. The van der Waals surface area contributed by atoms with E-state index in [9.17, 15) is 22.8 Å². The number of rotatable bonds is 5. The minimum absolute atomic E-state index is 0.0148. The van der Waals surface area contributed by atoms with Crippen molar-refractivity contribution >= 4 is 11.8 Å². The summed E-state index contributed by atoms with van der Waals surface area (Å²) in [5.74, 6) is -3.38. The average Bonchev–Trinajstić information content (AvgIpc) is 2.87. The predicted molar refractivity (Wildman–Crippen MR) is 93.1 cm³/mol. The number of amides is 2. The molecule has 2 fully saturated rings. The molecule has 0 aromatic heterocycles. The second-order valence-electron chi connectivity index (χ2n) is 7.55. The maximum Gasteiger partial charge on any atom is 0.242 e. The van der Waals surface area contributed by atoms with Crippen LogP contribution < -0.4 is 11.1 Å². The molecule has 2 bridgehead atoms. The molecule has 148 valence electrons. The van der Waals surface area contributed by atoms with E-state index in [4.69, 9.17) is 5.73 Å². The van der Waals surface area contributed by atoms with E-state index in [1.165, 1.54) is 6.92 Å². The molecule has 1 aromatic carbocycles. The van der Waals surface area contributed by atoms with Gasteiger partial charge in [0.25, 0.3) is 0 Å². The highest BCUT2D eigenvalue weighted by Crippen LogP contribution is 2.40. The third-order valence-electron chi connectivity index (χ3n) is 5.70. The second kappa shape index (κ2) is 7.88. The Morgan fingerprint density at radius 1 is 1.15 bits per heavy atom. The number of benzene rings is 1. The molecule has 8 heteroatoms. The van der Waals surface area contributed by atoms with Crippen LogP contribution in [0.4, 0.5) is 13.2 Å². The Hall–Kier alpha value is -2.09. The van der Waals surface area contributed by atoms with E-state index in [1.54, 1.807) is 0 Å². The van der Waals surface area contributed by atoms with Crippen molar-refractivity contribution in [3.05, 3.63) is 35.1 Å². The molecule has 3 rings (SSSR count). The van der Waals surface area contributed by atoms with Crippen molar-refractivity contribution in [1.82, 2.24) is 10.2 Å². The molecule has 2 heterocycles. The van der Waals surface area contributed by atoms with E-state index >= 15 is 0 Å². The van der Waals surface area contributed by atoms with Gasteiger partial charge in [0.15, 0.2) is 11.6 Å². The van der Waals surface area contributed by atoms with Crippen molar-refractivity contribution in [2.45, 2.75) is 57.2 Å². The summed E-state index contributed by atoms with van der Waals surface area (Å²) in [6.07, 6.45) is 3.25. The smallest absolute Gasteiger partial charge is 0.242 e. The summed E-state index contributed by atoms with van der Waals surface area (Å²) in [6.45, 7) is 1.35. The molecule has 0 radical (unpaired) electrons. The summed E-state index contributed by atoms with van der Waals surface area (Å²) in [5, 5.41) is 2.53. The van der Waals surface area contributed by atoms with E-state index in [0.717, 1.165) is 18.9 Å². The van der Waals surface area contributed by atoms with Crippen molar-refractivity contribution in [2.24, 2.45) is 11.7 Å². The summed E-state index contributed by atoms with van der Waals surface area (Å²) < 4.78 is 40.4. The van der Waals surface area contributed by atoms with E-state index in [1.807, 2.05) is 4.90 Å². The number of nitrogens with one attached hydrogen (secondary N) is 1. The van der Waals surface area contributed by atoms with Crippen LogP contribution in [0.15, 0.2) is 12.1 Å². The van der Waals surface area contributed by atoms with Crippen molar-refractivity contribution in [1.29, 1.82) is 0 Å². The van der Waals surface area contributed by atoms with Crippen LogP contribution in [0, 0.1) is 23.4 Å². The van der Waals surface area contributed by atoms with Crippen molar-refractivity contribution in [3.63, 3.8) is 0 Å². The second-order valence-corrected chi connectivity index (χ2v) is 7.55. The number of piperidine rings is 1. The number of nitrogens with two attached hydrogens (primary N) is 1. The molecule has 0 saturated carbocycles. The summed E-state index contributed by atoms with van der Waals surface area (Å²) in [6, 6.07) is 1.11. The SMILES string of the molecule is CC(=O)NCC(=O)N1C2CCC1CC([C@@H](N)Cc1cc(F)c(F)cc1F)C2. The molecule has 2 aliphatic rings. The Bertz CT molecular complexity index is 729. The maximum absolute atomic E-state index is 13.9. The van der Waals surface area contributed by atoms with Crippen LogP contribution in [0.1, 0.15) is 38.2 Å². The molecule has 2 aliphatic heterocycles. The van der Waals surface area contributed by atoms with Gasteiger partial charge in [-0.15, -0.1) is 0 Å². The van der Waals surface area contributed by atoms with Gasteiger partial charge >= 0.3 is 0 Å². The Balaban J connectivity index is 1.63. The zero-order chi connectivity index (χ0) is 19.7. The van der Waals surface area contributed by atoms with Crippen LogP contribution in [0.2, 0.25) is 0 Å². The van der Waals surface area contributed by atoms with Crippen LogP contribution in [0.3, 0.4) is 0 Å². The standard InChI is InChI=1S/C19H24F3N3O2/c1-10(26)24-9-19(27)25-13-2-3-14(25)5-12(4-13)18(23)7-11-6-16(21)17(22)8-15(11)20/h6,8,12-14,18H,2-5,7,9,23H2,1H3,(H,24,26)/t12?,13?,14?,18-/m0/s1. The molecule has 27 heavy (non-hydrogen) atoms. The highest BCUT2D eigenvalue weighted by atomic mass is 19.2. The van der Waals surface area contributed by atoms with Crippen LogP contribution in [0.5, 0.6) is 0 Å². The number of halogens is 3. The molecule has 3 N–H and O–H groups in total. The fraction of sp³-hybridized carbons (Fsp3) is 0.579. The number of hydrogen-bond acceptors (Lipinski definition) is 3. The third-order valence-corrected chi connectivity index (χ3v) is 5.70. The van der Waals surface area contributed by atoms with E-state index in [2.05, 4.69) is 5.32 Å². The summed E-state index contributed by atoms with van der Waals surface area (Å²) in [7, 11) is 0. The van der Waals surface area contributed by atoms with Gasteiger partial charge in [-0.1, -0.05) is 0 Å². The quantitative estimate of drug-likeness (QED) is 0.763. The highest BCUT2D eigenvalue weighted by molar-refractivity contribution is 5.84. The molecule has 0 aliphatic carbocycles. The van der Waals surface area contributed by atoms with Crippen molar-refractivity contribution in [3.8, 4) is 0 Å². The Labute approximate surface area is 156 Å². The molecule has 2 amide bonds. The topological polar surface area (TPSA) is 75.4 Å². The summed E-state index contributed by atoms with van der Waals surface area (Å²) in [4.78, 5) is 25.3. The lowest BCUT2D eigenvalue weighted by molar-refractivity contribution is -0.137. The normalized spacial score (nSPS) is 25.4. The molecule has 2 unspecified atom stereocenters. The molecular formula is C19H24F3N3O2. The summed E-state index contributed by atoms with van der Waals surface area (Å²) >= 11 is 0. The molecular weight excluding hydrogens is 359 g/mol. The highest BCUT2D eigenvalue weighted by Gasteiger charge is 2.44. The lowest BCUT2D eigenvalue weighted by Gasteiger charge is -2.41. The van der Waals surface area contributed by atoms with Gasteiger partial charge in [0.1, 0.15) is 5.82 Å². The minimum Gasteiger partial charge on any atom is -0.347 e. The number of hydrogen-bond donors (Lipinski definition) is 2. The first-order valence-corrected chi connectivity index (χ1v) is 9.20. The summed E-state index contributed by atoms with van der Waals surface area (Å²) in [5.41, 5.74) is 6.33. The van der Waals surface area contributed by atoms with E-state index in [0.29, 0.717) is 18.9 Å². The number of nitrogens with zero attached hydrogens (tertiary/aromatic N) is 1. The van der Waals surface area contributed by atoms with Crippen LogP contribution >= 0.6 is 0 Å². The number of carbonyl (C=O) groups excluding carboxylic acids is 2. The first-order valence-electron chi connectivity index (χ1n) is 9.20. The number of fused-ring (bicyclic) bond motifs is 2. The largest absolute Gasteiger partial charge is 0.347 e. The fourth-order valence-corrected chi connectivity index (χ4v) is 4.41. The third kappa shape index (κ3) is 4.26. The monoisotopic (exact) mass is 383 g/mol. The zero-order valence-electron chi connectivity index (χ0n) is 15.2. The Morgan fingerprint density at radius 2 is 1.74 bits per heavy atom. The molecule has 0 spiro atoms. The molecule has 3 atom stereocenters. The average molecular weight is 383 g/mol. The van der Waals surface area contributed by atoms with Gasteiger partial charge in [-0.05, 0) is 49.7 Å². The lowest BCUT2D eigenvalue weighted by atomic mass is 9.82. The number of carbonyl (C=O) groups is 2. The van der Waals surface area contributed by atoms with Crippen LogP contribution in [0.25, 0.3) is 0 Å². The molecule has 2 saturated heterocycles. The Kier molecular flexibility index (Phi) is 5.74. The molecule has 1 aromatic rings. The Morgan fingerprint density at radius 3 is 2.33 bits per heavy atom. The molecule has 5 nitrogen and oxygen atoms in total. The van der Waals surface area contributed by atoms with E-state index < -0.39 is 23.5 Å². The van der Waals surface area contributed by atoms with Crippen LogP contribution in [-0.2, 0) is 16.0 Å². The predicted octanol–water partition coefficient (Wildman–Crippen LogP) is 1.88. The van der Waals surface area contributed by atoms with Gasteiger partial charge in [-0.3, -0.25) is 9.59 Å². The van der Waals surface area contributed by atoms with Gasteiger partial charge < -0.3 is 16.0 Å². The van der Waals surface area contributed by atoms with Crippen molar-refractivity contribution < 1.29 is 22.8 Å². The van der Waals surface area contributed by atoms with Gasteiger partial charge in [-0.25, -0.2) is 13.2 Å². The van der Waals surface area contributed by atoms with Gasteiger partial charge in [0.2, 0.25) is 11.8 Å². The van der Waals surface area contributed by atoms with Crippen LogP contribution in [-0.4, -0.2) is 41.4 Å². The van der Waals surface area contributed by atoms with Gasteiger partial charge in [0, 0.05) is 31.1 Å². The first kappa shape index (κ1) is 19.7.